The normalized spacial score (nSPS) is 12.9. The molecule has 0 unspecified atom stereocenters. The first kappa shape index (κ1) is 12.4. The van der Waals surface area contributed by atoms with Gasteiger partial charge in [0.1, 0.15) is 7.28 Å². The van der Waals surface area contributed by atoms with E-state index >= 15 is 0 Å². The van der Waals surface area contributed by atoms with Crippen molar-refractivity contribution in [2.75, 3.05) is 0 Å². The van der Waals surface area contributed by atoms with Crippen molar-refractivity contribution in [3.63, 3.8) is 0 Å². The summed E-state index contributed by atoms with van der Waals surface area (Å²) in [6.45, 7) is 1.90. The second kappa shape index (κ2) is 4.46. The molecule has 3 rings (SSSR count). The molecule has 0 aliphatic heterocycles. The van der Waals surface area contributed by atoms with Crippen molar-refractivity contribution < 1.29 is 9.59 Å². The summed E-state index contributed by atoms with van der Waals surface area (Å²) >= 11 is 3.33. The number of halogens is 1. The largest absolute Gasteiger partial charge is 0.285 e. The zero-order chi connectivity index (χ0) is 13.6. The lowest BCUT2D eigenvalue weighted by molar-refractivity contribution is 0.0815. The summed E-state index contributed by atoms with van der Waals surface area (Å²) in [4.78, 5) is 24.3. The van der Waals surface area contributed by atoms with Crippen LogP contribution in [0.5, 0.6) is 0 Å². The molecule has 91 valence electrons. The third kappa shape index (κ3) is 1.87. The summed E-state index contributed by atoms with van der Waals surface area (Å²) in [5, 5.41) is 0. The standard InChI is InChI=1S/C15H9BBrO2/c1-16-8-2-4-10-11-5-3-9(17)7-13(11)15(19)14(18)12(10)6-8/h2-7H,1H3. The highest BCUT2D eigenvalue weighted by Crippen LogP contribution is 2.34. The fraction of sp³-hybridized carbons (Fsp3) is 0.0667. The minimum atomic E-state index is -0.433. The van der Waals surface area contributed by atoms with Crippen LogP contribution in [0.15, 0.2) is 40.9 Å². The van der Waals surface area contributed by atoms with Gasteiger partial charge in [-0.15, -0.1) is 0 Å². The molecule has 2 nitrogen and oxygen atoms in total. The van der Waals surface area contributed by atoms with E-state index in [4.69, 9.17) is 0 Å². The van der Waals surface area contributed by atoms with Gasteiger partial charge in [-0.05, 0) is 23.3 Å². The molecule has 0 saturated heterocycles. The van der Waals surface area contributed by atoms with Crippen LogP contribution >= 0.6 is 15.9 Å². The number of fused-ring (bicyclic) bond motifs is 3. The van der Waals surface area contributed by atoms with Crippen LogP contribution in [0.25, 0.3) is 11.1 Å². The topological polar surface area (TPSA) is 34.1 Å². The molecule has 19 heavy (non-hydrogen) atoms. The Balaban J connectivity index is 2.32. The van der Waals surface area contributed by atoms with Gasteiger partial charge in [-0.1, -0.05) is 52.5 Å². The van der Waals surface area contributed by atoms with Crippen LogP contribution in [0.3, 0.4) is 0 Å². The summed E-state index contributed by atoms with van der Waals surface area (Å²) in [7, 11) is 1.91. The van der Waals surface area contributed by atoms with Gasteiger partial charge in [0.2, 0.25) is 11.6 Å². The molecule has 0 fully saturated rings. The Labute approximate surface area is 120 Å². The summed E-state index contributed by atoms with van der Waals surface area (Å²) in [5.41, 5.74) is 3.57. The van der Waals surface area contributed by atoms with E-state index in [1.165, 1.54) is 0 Å². The Bertz CT molecular complexity index is 722. The molecular formula is C15H9BBrO2. The Morgan fingerprint density at radius 3 is 2.05 bits per heavy atom. The first-order chi connectivity index (χ1) is 9.11. The van der Waals surface area contributed by atoms with Crippen LogP contribution < -0.4 is 5.46 Å². The average molecular weight is 312 g/mol. The average Bonchev–Trinajstić information content (AvgIpc) is 2.44. The van der Waals surface area contributed by atoms with Crippen LogP contribution in [0.2, 0.25) is 6.82 Å². The molecule has 0 aromatic heterocycles. The highest BCUT2D eigenvalue weighted by atomic mass is 79.9. The van der Waals surface area contributed by atoms with E-state index in [9.17, 15) is 9.59 Å². The van der Waals surface area contributed by atoms with Crippen molar-refractivity contribution in [3.05, 3.63) is 52.0 Å². The Hall–Kier alpha value is -1.68. The van der Waals surface area contributed by atoms with E-state index < -0.39 is 11.6 Å². The number of ketones is 2. The molecule has 0 atom stereocenters. The number of hydrogen-bond acceptors (Lipinski definition) is 2. The third-order valence-corrected chi connectivity index (χ3v) is 3.84. The molecule has 0 bridgehead atoms. The van der Waals surface area contributed by atoms with Gasteiger partial charge in [0.15, 0.2) is 0 Å². The quantitative estimate of drug-likeness (QED) is 0.599. The highest BCUT2D eigenvalue weighted by Gasteiger charge is 2.30. The summed E-state index contributed by atoms with van der Waals surface area (Å²) in [6, 6.07) is 11.1. The van der Waals surface area contributed by atoms with Crippen molar-refractivity contribution in [1.82, 2.24) is 0 Å². The Morgan fingerprint density at radius 2 is 1.42 bits per heavy atom. The number of Topliss-reactive ketones (excluding diaryl/α,β-unsaturated/α-hetero) is 2. The molecule has 0 N–H and O–H groups in total. The Morgan fingerprint density at radius 1 is 0.842 bits per heavy atom. The molecule has 2 aromatic rings. The zero-order valence-electron chi connectivity index (χ0n) is 10.2. The first-order valence-electron chi connectivity index (χ1n) is 5.94. The lowest BCUT2D eigenvalue weighted by Crippen LogP contribution is -2.24. The highest BCUT2D eigenvalue weighted by molar-refractivity contribution is 9.10. The summed E-state index contributed by atoms with van der Waals surface area (Å²) in [5.74, 6) is -0.860. The van der Waals surface area contributed by atoms with E-state index in [0.717, 1.165) is 21.1 Å². The van der Waals surface area contributed by atoms with Crippen LogP contribution in [-0.2, 0) is 0 Å². The number of carbonyl (C=O) groups excluding carboxylic acids is 2. The minimum Gasteiger partial charge on any atom is -0.285 e. The van der Waals surface area contributed by atoms with Gasteiger partial charge in [-0.25, -0.2) is 0 Å². The van der Waals surface area contributed by atoms with Crippen LogP contribution in [0.1, 0.15) is 20.7 Å². The summed E-state index contributed by atoms with van der Waals surface area (Å²) < 4.78 is 0.800. The molecule has 0 amide bonds. The van der Waals surface area contributed by atoms with Crippen molar-refractivity contribution in [2.24, 2.45) is 0 Å². The van der Waals surface area contributed by atoms with Crippen LogP contribution in [-0.4, -0.2) is 18.8 Å². The predicted octanol–water partition coefficient (Wildman–Crippen LogP) is 2.87. The van der Waals surface area contributed by atoms with Gasteiger partial charge in [0.25, 0.3) is 0 Å². The fourth-order valence-corrected chi connectivity index (χ4v) is 2.71. The van der Waals surface area contributed by atoms with Gasteiger partial charge >= 0.3 is 0 Å². The SMILES string of the molecule is C[B]c1ccc2c(c1)C(=O)C(=O)c1cc(Br)ccc1-2. The maximum atomic E-state index is 12.2. The lowest BCUT2D eigenvalue weighted by Gasteiger charge is -2.18. The monoisotopic (exact) mass is 311 g/mol. The Kier molecular flexibility index (Phi) is 2.90. The molecule has 0 saturated carbocycles. The second-order valence-electron chi connectivity index (χ2n) is 4.44. The number of hydrogen-bond donors (Lipinski definition) is 0. The van der Waals surface area contributed by atoms with E-state index in [2.05, 4.69) is 15.9 Å². The van der Waals surface area contributed by atoms with E-state index in [1.807, 2.05) is 38.4 Å². The van der Waals surface area contributed by atoms with Crippen LogP contribution in [0.4, 0.5) is 0 Å². The molecule has 0 heterocycles. The van der Waals surface area contributed by atoms with E-state index in [0.29, 0.717) is 11.1 Å². The maximum absolute atomic E-state index is 12.2. The number of carbonyl (C=O) groups is 2. The smallest absolute Gasteiger partial charge is 0.234 e. The minimum absolute atomic E-state index is 0.427. The van der Waals surface area contributed by atoms with Gasteiger partial charge in [0, 0.05) is 15.6 Å². The predicted molar refractivity (Wildman–Crippen MR) is 79.5 cm³/mol. The fourth-order valence-electron chi connectivity index (χ4n) is 2.35. The van der Waals surface area contributed by atoms with Gasteiger partial charge in [-0.2, -0.15) is 0 Å². The van der Waals surface area contributed by atoms with Crippen molar-refractivity contribution in [1.29, 1.82) is 0 Å². The van der Waals surface area contributed by atoms with Gasteiger partial charge in [-0.3, -0.25) is 9.59 Å². The zero-order valence-corrected chi connectivity index (χ0v) is 11.8. The number of benzene rings is 2. The molecule has 0 spiro atoms. The van der Waals surface area contributed by atoms with E-state index in [-0.39, 0.29) is 0 Å². The summed E-state index contributed by atoms with van der Waals surface area (Å²) in [6.07, 6.45) is 0. The molecule has 1 aliphatic rings. The van der Waals surface area contributed by atoms with Crippen molar-refractivity contribution >= 4 is 40.2 Å². The second-order valence-corrected chi connectivity index (χ2v) is 5.36. The molecule has 1 radical (unpaired) electrons. The maximum Gasteiger partial charge on any atom is 0.234 e. The lowest BCUT2D eigenvalue weighted by atomic mass is 9.71. The van der Waals surface area contributed by atoms with Crippen LogP contribution in [0, 0.1) is 0 Å². The third-order valence-electron chi connectivity index (χ3n) is 3.34. The van der Waals surface area contributed by atoms with Gasteiger partial charge in [0.05, 0.1) is 0 Å². The molecular weight excluding hydrogens is 303 g/mol. The molecule has 1 aliphatic carbocycles. The van der Waals surface area contributed by atoms with Crippen molar-refractivity contribution in [2.45, 2.75) is 6.82 Å². The van der Waals surface area contributed by atoms with Crippen molar-refractivity contribution in [3.8, 4) is 11.1 Å². The van der Waals surface area contributed by atoms with E-state index in [1.54, 1.807) is 12.1 Å². The first-order valence-corrected chi connectivity index (χ1v) is 6.73. The molecule has 4 heteroatoms. The molecule has 2 aromatic carbocycles. The van der Waals surface area contributed by atoms with Gasteiger partial charge < -0.3 is 0 Å². The number of rotatable bonds is 1.